The molecule has 0 unspecified atom stereocenters. The Morgan fingerprint density at radius 2 is 2.21 bits per heavy atom. The second kappa shape index (κ2) is 5.22. The van der Waals surface area contributed by atoms with Gasteiger partial charge in [0.05, 0.1) is 12.6 Å². The van der Waals surface area contributed by atoms with Gasteiger partial charge < -0.3 is 4.74 Å². The van der Waals surface area contributed by atoms with Crippen molar-refractivity contribution in [2.75, 3.05) is 6.61 Å². The Labute approximate surface area is 115 Å². The van der Waals surface area contributed by atoms with Gasteiger partial charge in [0.25, 0.3) is 0 Å². The number of aromatic nitrogens is 3. The zero-order chi connectivity index (χ0) is 13.2. The number of ether oxygens (including phenoxy) is 1. The van der Waals surface area contributed by atoms with Gasteiger partial charge in [0.1, 0.15) is 5.82 Å². The van der Waals surface area contributed by atoms with Crippen LogP contribution in [0.2, 0.25) is 0 Å². The van der Waals surface area contributed by atoms with Gasteiger partial charge in [-0.3, -0.25) is 9.67 Å². The number of hydrogen-bond acceptors (Lipinski definition) is 3. The van der Waals surface area contributed by atoms with E-state index in [-0.39, 0.29) is 11.9 Å². The van der Waals surface area contributed by atoms with Gasteiger partial charge in [0, 0.05) is 12.2 Å². The van der Waals surface area contributed by atoms with Crippen LogP contribution >= 0.6 is 12.2 Å². The van der Waals surface area contributed by atoms with E-state index in [0.29, 0.717) is 11.3 Å². The molecule has 2 aromatic rings. The molecule has 0 bridgehead atoms. The summed E-state index contributed by atoms with van der Waals surface area (Å²) in [4.78, 5) is 0. The maximum absolute atomic E-state index is 13.0. The number of aromatic amines is 1. The van der Waals surface area contributed by atoms with Gasteiger partial charge in [-0.2, -0.15) is 5.10 Å². The summed E-state index contributed by atoms with van der Waals surface area (Å²) in [6, 6.07) is 6.24. The van der Waals surface area contributed by atoms with Crippen LogP contribution in [0, 0.1) is 10.6 Å². The first kappa shape index (κ1) is 12.5. The lowest BCUT2D eigenvalue weighted by molar-refractivity contribution is 0.0970. The lowest BCUT2D eigenvalue weighted by atomic mass is 10.2. The first-order valence-corrected chi connectivity index (χ1v) is 6.67. The van der Waals surface area contributed by atoms with Gasteiger partial charge in [-0.1, -0.05) is 0 Å². The van der Waals surface area contributed by atoms with E-state index in [4.69, 9.17) is 17.0 Å². The largest absolute Gasteiger partial charge is 0.376 e. The number of nitrogens with one attached hydrogen (secondary N) is 1. The normalized spacial score (nSPS) is 18.9. The molecule has 100 valence electrons. The van der Waals surface area contributed by atoms with Crippen LogP contribution < -0.4 is 0 Å². The minimum atomic E-state index is -0.261. The van der Waals surface area contributed by atoms with Crippen molar-refractivity contribution < 1.29 is 9.13 Å². The van der Waals surface area contributed by atoms with E-state index >= 15 is 0 Å². The monoisotopic (exact) mass is 279 g/mol. The molecule has 3 rings (SSSR count). The minimum absolute atomic E-state index is 0.184. The van der Waals surface area contributed by atoms with Crippen LogP contribution in [0.5, 0.6) is 0 Å². The minimum Gasteiger partial charge on any atom is -0.376 e. The molecule has 0 spiro atoms. The highest BCUT2D eigenvalue weighted by Gasteiger charge is 2.19. The molecule has 0 amide bonds. The summed E-state index contributed by atoms with van der Waals surface area (Å²) in [5, 5.41) is 7.02. The standard InChI is InChI=1S/C13H14FN3OS/c14-10-5-3-9(4-6-10)12-15-16-13(19)17(12)8-11-2-1-7-18-11/h3-6,11H,1-2,7-8H2,(H,16,19)/t11-/m0/s1. The van der Waals surface area contributed by atoms with Crippen molar-refractivity contribution >= 4 is 12.2 Å². The fourth-order valence-corrected chi connectivity index (χ4v) is 2.51. The van der Waals surface area contributed by atoms with Crippen LogP contribution in [0.15, 0.2) is 24.3 Å². The molecule has 1 aliphatic heterocycles. The maximum atomic E-state index is 13.0. The molecule has 6 heteroatoms. The Hall–Kier alpha value is -1.53. The van der Waals surface area contributed by atoms with Gasteiger partial charge in [-0.05, 0) is 49.3 Å². The number of nitrogens with zero attached hydrogens (tertiary/aromatic N) is 2. The second-order valence-electron chi connectivity index (χ2n) is 4.60. The number of rotatable bonds is 3. The van der Waals surface area contributed by atoms with Crippen molar-refractivity contribution in [2.45, 2.75) is 25.5 Å². The molecular formula is C13H14FN3OS. The number of halogens is 1. The molecule has 1 fully saturated rings. The molecule has 1 aromatic carbocycles. The van der Waals surface area contributed by atoms with Crippen molar-refractivity contribution in [1.29, 1.82) is 0 Å². The molecule has 0 aliphatic carbocycles. The van der Waals surface area contributed by atoms with Crippen molar-refractivity contribution in [3.8, 4) is 11.4 Å². The summed E-state index contributed by atoms with van der Waals surface area (Å²) in [5.41, 5.74) is 0.840. The fourth-order valence-electron chi connectivity index (χ4n) is 2.30. The fraction of sp³-hybridized carbons (Fsp3) is 0.385. The highest BCUT2D eigenvalue weighted by molar-refractivity contribution is 7.71. The van der Waals surface area contributed by atoms with Crippen molar-refractivity contribution in [1.82, 2.24) is 14.8 Å². The summed E-state index contributed by atoms with van der Waals surface area (Å²) in [5.74, 6) is 0.462. The van der Waals surface area contributed by atoms with E-state index < -0.39 is 0 Å². The molecule has 1 aromatic heterocycles. The molecule has 1 aliphatic rings. The Bertz CT molecular complexity index is 614. The number of hydrogen-bond donors (Lipinski definition) is 1. The highest BCUT2D eigenvalue weighted by Crippen LogP contribution is 2.21. The summed E-state index contributed by atoms with van der Waals surface area (Å²) in [6.07, 6.45) is 2.31. The molecule has 0 radical (unpaired) electrons. The van der Waals surface area contributed by atoms with Crippen LogP contribution in [0.1, 0.15) is 12.8 Å². The highest BCUT2D eigenvalue weighted by atomic mass is 32.1. The maximum Gasteiger partial charge on any atom is 0.195 e. The number of benzene rings is 1. The molecule has 1 saturated heterocycles. The van der Waals surface area contributed by atoms with Crippen LogP contribution in [0.3, 0.4) is 0 Å². The lowest BCUT2D eigenvalue weighted by Gasteiger charge is -2.12. The summed E-state index contributed by atoms with van der Waals surface area (Å²) < 4.78 is 21.1. The van der Waals surface area contributed by atoms with Gasteiger partial charge in [0.2, 0.25) is 0 Å². The predicted octanol–water partition coefficient (Wildman–Crippen LogP) is 2.93. The van der Waals surface area contributed by atoms with Crippen LogP contribution in [-0.2, 0) is 11.3 Å². The third-order valence-corrected chi connectivity index (χ3v) is 3.58. The SMILES string of the molecule is Fc1ccc(-c2n[nH]c(=S)n2C[C@@H]2CCCO2)cc1. The molecule has 4 nitrogen and oxygen atoms in total. The zero-order valence-corrected chi connectivity index (χ0v) is 11.1. The van der Waals surface area contributed by atoms with Crippen LogP contribution in [0.25, 0.3) is 11.4 Å². The Morgan fingerprint density at radius 3 is 2.89 bits per heavy atom. The van der Waals surface area contributed by atoms with E-state index in [2.05, 4.69) is 10.2 Å². The molecule has 1 atom stereocenters. The molecular weight excluding hydrogens is 265 g/mol. The van der Waals surface area contributed by atoms with Crippen LogP contribution in [-0.4, -0.2) is 27.5 Å². The topological polar surface area (TPSA) is 42.8 Å². The Morgan fingerprint density at radius 1 is 1.42 bits per heavy atom. The van der Waals surface area contributed by atoms with E-state index in [0.717, 1.165) is 30.8 Å². The van der Waals surface area contributed by atoms with Crippen molar-refractivity contribution in [3.05, 3.63) is 34.9 Å². The summed E-state index contributed by atoms with van der Waals surface area (Å²) >= 11 is 5.25. The van der Waals surface area contributed by atoms with Gasteiger partial charge in [0.15, 0.2) is 10.6 Å². The van der Waals surface area contributed by atoms with Crippen LogP contribution in [0.4, 0.5) is 4.39 Å². The lowest BCUT2D eigenvalue weighted by Crippen LogP contribution is -2.16. The van der Waals surface area contributed by atoms with Crippen molar-refractivity contribution in [2.24, 2.45) is 0 Å². The number of H-pyrrole nitrogens is 1. The third-order valence-electron chi connectivity index (χ3n) is 3.27. The van der Waals surface area contributed by atoms with E-state index in [1.165, 1.54) is 12.1 Å². The Kier molecular flexibility index (Phi) is 3.44. The van der Waals surface area contributed by atoms with E-state index in [1.807, 2.05) is 4.57 Å². The van der Waals surface area contributed by atoms with Gasteiger partial charge in [-0.15, -0.1) is 0 Å². The Balaban J connectivity index is 1.93. The van der Waals surface area contributed by atoms with E-state index in [1.54, 1.807) is 12.1 Å². The quantitative estimate of drug-likeness (QED) is 0.878. The average molecular weight is 279 g/mol. The van der Waals surface area contributed by atoms with E-state index in [9.17, 15) is 4.39 Å². The van der Waals surface area contributed by atoms with Gasteiger partial charge in [-0.25, -0.2) is 4.39 Å². The third kappa shape index (κ3) is 2.59. The van der Waals surface area contributed by atoms with Crippen molar-refractivity contribution in [3.63, 3.8) is 0 Å². The smallest absolute Gasteiger partial charge is 0.195 e. The van der Waals surface area contributed by atoms with Gasteiger partial charge >= 0.3 is 0 Å². The first-order chi connectivity index (χ1) is 9.24. The zero-order valence-electron chi connectivity index (χ0n) is 10.3. The average Bonchev–Trinajstić information content (AvgIpc) is 3.03. The molecule has 0 saturated carbocycles. The first-order valence-electron chi connectivity index (χ1n) is 6.27. The molecule has 1 N–H and O–H groups in total. The summed E-state index contributed by atoms with van der Waals surface area (Å²) in [7, 11) is 0. The summed E-state index contributed by atoms with van der Waals surface area (Å²) in [6.45, 7) is 1.49. The second-order valence-corrected chi connectivity index (χ2v) is 4.99. The predicted molar refractivity (Wildman–Crippen MR) is 71.8 cm³/mol. The molecule has 2 heterocycles. The molecule has 19 heavy (non-hydrogen) atoms.